The molecule has 0 N–H and O–H groups in total. The van der Waals surface area contributed by atoms with E-state index in [2.05, 4.69) is 69.8 Å². The number of hydrogen-bond acceptors (Lipinski definition) is 8. The van der Waals surface area contributed by atoms with E-state index in [1.807, 2.05) is 78.9 Å². The fourth-order valence-corrected chi connectivity index (χ4v) is 11.9. The summed E-state index contributed by atoms with van der Waals surface area (Å²) in [7, 11) is 0. The molecule has 7 aromatic rings. The molecular weight excluding hydrogens is 1050 g/mol. The van der Waals surface area contributed by atoms with E-state index in [1.54, 1.807) is 28.7 Å². The number of hydrogen-bond donors (Lipinski definition) is 0. The maximum atomic E-state index is 12.9. The van der Waals surface area contributed by atoms with E-state index in [-0.39, 0.29) is 35.8 Å². The van der Waals surface area contributed by atoms with Gasteiger partial charge in [0.25, 0.3) is 5.70 Å². The first-order valence-corrected chi connectivity index (χ1v) is 21.4. The Kier molecular flexibility index (Phi) is 10.2. The molecule has 9 heterocycles. The van der Waals surface area contributed by atoms with Crippen molar-refractivity contribution >= 4 is 155 Å². The van der Waals surface area contributed by atoms with E-state index < -0.39 is 0 Å². The van der Waals surface area contributed by atoms with Crippen LogP contribution in [0.15, 0.2) is 87.9 Å². The van der Waals surface area contributed by atoms with Crippen LogP contribution in [0.3, 0.4) is 0 Å². The average Bonchev–Trinajstić information content (AvgIpc) is 3.92. The van der Waals surface area contributed by atoms with Crippen LogP contribution < -0.4 is 9.97 Å². The van der Waals surface area contributed by atoms with Gasteiger partial charge in [0.15, 0.2) is 0 Å². The van der Waals surface area contributed by atoms with Crippen molar-refractivity contribution in [2.75, 3.05) is 0 Å². The molecule has 8 bridgehead atoms. The molecule has 7 aromatic heterocycles. The second-order valence-electron chi connectivity index (χ2n) is 11.2. The zero-order valence-electron chi connectivity index (χ0n) is 26.1. The molecule has 0 spiro atoms. The van der Waals surface area contributed by atoms with Gasteiger partial charge in [0.1, 0.15) is 5.69 Å². The molecule has 0 aromatic carbocycles. The fourth-order valence-electron chi connectivity index (χ4n) is 6.09. The van der Waals surface area contributed by atoms with Crippen LogP contribution in [-0.2, 0) is 19.5 Å². The van der Waals surface area contributed by atoms with E-state index >= 15 is 0 Å². The van der Waals surface area contributed by atoms with Crippen molar-refractivity contribution in [1.29, 1.82) is 0 Å². The number of nitro groups is 1. The second kappa shape index (κ2) is 14.5. The quantitative estimate of drug-likeness (QED) is 0.0968. The predicted molar refractivity (Wildman–Crippen MR) is 227 cm³/mol. The van der Waals surface area contributed by atoms with Crippen molar-refractivity contribution in [3.63, 3.8) is 0 Å². The molecule has 52 heavy (non-hydrogen) atoms. The molecule has 7 nitrogen and oxygen atoms in total. The molecular formula is C36H15Br4N5O2S4Zn. The normalized spacial score (nSPS) is 12.3. The molecule has 0 radical (unpaired) electrons. The minimum atomic E-state index is -0.366. The Morgan fingerprint density at radius 2 is 0.885 bits per heavy atom. The average molecular weight is 1060 g/mol. The molecule has 0 saturated heterocycles. The minimum absolute atomic E-state index is 0. The summed E-state index contributed by atoms with van der Waals surface area (Å²) in [5.74, 6) is 0. The van der Waals surface area contributed by atoms with Crippen molar-refractivity contribution in [1.82, 2.24) is 19.9 Å². The van der Waals surface area contributed by atoms with Gasteiger partial charge in [-0.3, -0.25) is 10.1 Å². The van der Waals surface area contributed by atoms with Crippen molar-refractivity contribution in [3.05, 3.63) is 121 Å². The summed E-state index contributed by atoms with van der Waals surface area (Å²) in [5, 5.41) is 12.9. The molecule has 0 amide bonds. The third-order valence-electron chi connectivity index (χ3n) is 8.17. The molecule has 0 saturated carbocycles. The molecule has 0 fully saturated rings. The summed E-state index contributed by atoms with van der Waals surface area (Å²) < 4.78 is 3.77. The molecule has 2 aliphatic rings. The zero-order valence-corrected chi connectivity index (χ0v) is 38.6. The molecule has 0 atom stereocenters. The van der Waals surface area contributed by atoms with E-state index in [0.29, 0.717) is 33.4 Å². The van der Waals surface area contributed by atoms with Gasteiger partial charge < -0.3 is 9.97 Å². The maximum absolute atomic E-state index is 12.9. The maximum Gasteiger partial charge on any atom is 2.00 e. The van der Waals surface area contributed by atoms with Crippen LogP contribution in [0.2, 0.25) is 0 Å². The summed E-state index contributed by atoms with van der Waals surface area (Å²) >= 11 is 20.7. The summed E-state index contributed by atoms with van der Waals surface area (Å²) in [5.41, 5.74) is 7.77. The molecule has 0 aliphatic carbocycles. The van der Waals surface area contributed by atoms with Gasteiger partial charge in [-0.25, -0.2) is 9.97 Å². The van der Waals surface area contributed by atoms with Gasteiger partial charge in [-0.15, -0.1) is 67.4 Å². The number of fused-ring (bicyclic) bond motifs is 8. The number of aromatic nitrogens is 4. The van der Waals surface area contributed by atoms with Crippen molar-refractivity contribution in [2.24, 2.45) is 0 Å². The van der Waals surface area contributed by atoms with Gasteiger partial charge in [0.05, 0.1) is 37.2 Å². The van der Waals surface area contributed by atoms with E-state index in [0.717, 1.165) is 62.7 Å². The topological polar surface area (TPSA) is 97.1 Å². The molecule has 0 unspecified atom stereocenters. The van der Waals surface area contributed by atoms with Crippen molar-refractivity contribution in [2.45, 2.75) is 0 Å². The van der Waals surface area contributed by atoms with Crippen molar-refractivity contribution < 1.29 is 24.4 Å². The second-order valence-corrected chi connectivity index (χ2v) is 21.0. The number of thiophene rings is 4. The monoisotopic (exact) mass is 1060 g/mol. The van der Waals surface area contributed by atoms with Gasteiger partial charge in [0.2, 0.25) is 0 Å². The van der Waals surface area contributed by atoms with Crippen LogP contribution in [0.1, 0.15) is 22.8 Å². The van der Waals surface area contributed by atoms with E-state index in [9.17, 15) is 10.1 Å². The molecule has 9 rings (SSSR count). The Morgan fingerprint density at radius 1 is 0.519 bits per heavy atom. The summed E-state index contributed by atoms with van der Waals surface area (Å²) in [4.78, 5) is 36.9. The Hall–Kier alpha value is -2.66. The van der Waals surface area contributed by atoms with E-state index in [4.69, 9.17) is 19.9 Å². The minimum Gasteiger partial charge on any atom is -0.657 e. The molecule has 16 heteroatoms. The third-order valence-corrected chi connectivity index (χ3v) is 14.7. The van der Waals surface area contributed by atoms with E-state index in [1.165, 1.54) is 22.7 Å². The summed E-state index contributed by atoms with van der Waals surface area (Å²) in [6, 6.07) is 23.7. The van der Waals surface area contributed by atoms with Crippen LogP contribution in [-0.4, -0.2) is 14.9 Å². The first-order chi connectivity index (χ1) is 24.7. The van der Waals surface area contributed by atoms with Crippen LogP contribution in [0.5, 0.6) is 0 Å². The van der Waals surface area contributed by atoms with Gasteiger partial charge in [0, 0.05) is 47.8 Å². The van der Waals surface area contributed by atoms with Crippen LogP contribution in [0, 0.1) is 10.1 Å². The van der Waals surface area contributed by atoms with Crippen LogP contribution >= 0.6 is 109 Å². The Bertz CT molecular complexity index is 2820. The third kappa shape index (κ3) is 6.58. The van der Waals surface area contributed by atoms with Crippen molar-refractivity contribution in [3.8, 4) is 41.8 Å². The Labute approximate surface area is 358 Å². The number of nitrogens with zero attached hydrogens (tertiary/aromatic N) is 5. The van der Waals surface area contributed by atoms with Crippen LogP contribution in [0.25, 0.3) is 87.8 Å². The summed E-state index contributed by atoms with van der Waals surface area (Å²) in [6.07, 6.45) is 5.62. The summed E-state index contributed by atoms with van der Waals surface area (Å²) in [6.45, 7) is 0. The molecule has 2 aliphatic heterocycles. The zero-order chi connectivity index (χ0) is 35.0. The Balaban J connectivity index is 0.00000387. The van der Waals surface area contributed by atoms with Gasteiger partial charge >= 0.3 is 19.5 Å². The smallest absolute Gasteiger partial charge is 0.657 e. The first-order valence-electron chi connectivity index (χ1n) is 15.0. The molecule has 250 valence electrons. The first kappa shape index (κ1) is 36.3. The van der Waals surface area contributed by atoms with Crippen LogP contribution in [0.4, 0.5) is 0 Å². The van der Waals surface area contributed by atoms with Gasteiger partial charge in [-0.05, 0) is 124 Å². The van der Waals surface area contributed by atoms with Gasteiger partial charge in [-0.2, -0.15) is 0 Å². The Morgan fingerprint density at radius 3 is 1.25 bits per heavy atom. The largest absolute Gasteiger partial charge is 2.00 e. The number of halogens is 4. The number of rotatable bonds is 5. The predicted octanol–water partition coefficient (Wildman–Crippen LogP) is 13.5. The SMILES string of the molecule is O=[N+]([O-])C1=Cc2nc1c(-c1ccc(Br)s1)c1ccc([n-]1)c(-c1ccc(Br)s1)c1nc(c(-c3ccc(Br)s3)c3ccc([n-]3)c2-c2ccc(Br)s2)C=C1.[Zn+2]. The fraction of sp³-hybridized carbons (Fsp3) is 0. The standard InChI is InChI=1S/C36H15Br4N5O2S4.Zn/c37-28-11-7-24(48-28)32-16-1-2-17(41-16)33(25-8-12-29(38)49-25)19-5-6-21(43-19)35(27-10-14-31(40)51-27)36-23(45(46)47)15-22(44-36)34(20-4-3-18(32)42-20)26-9-13-30(39)50-26;/h1-15H;/q-2;+2. The van der Waals surface area contributed by atoms with Gasteiger partial charge in [-0.1, -0.05) is 24.3 Å².